The smallest absolute Gasteiger partial charge is 0.191 e. The van der Waals surface area contributed by atoms with Crippen LogP contribution in [0.15, 0.2) is 53.7 Å². The fraction of sp³-hybridized carbons (Fsp3) is 0.500. The molecule has 0 spiro atoms. The van der Waals surface area contributed by atoms with Gasteiger partial charge >= 0.3 is 0 Å². The molecular weight excluding hydrogens is 358 g/mol. The number of aliphatic imine (C=N–C) groups is 1. The van der Waals surface area contributed by atoms with Crippen LogP contribution in [0.4, 0.5) is 0 Å². The maximum atomic E-state index is 4.80. The molecule has 1 heterocycles. The highest BCUT2D eigenvalue weighted by Gasteiger charge is 2.07. The monoisotopic (exact) mass is 395 g/mol. The summed E-state index contributed by atoms with van der Waals surface area (Å²) in [7, 11) is 0. The molecule has 0 aliphatic rings. The summed E-state index contributed by atoms with van der Waals surface area (Å²) in [5.41, 5.74) is 3.30. The minimum atomic E-state index is 0.392. The second-order valence-corrected chi connectivity index (χ2v) is 7.33. The van der Waals surface area contributed by atoms with Crippen molar-refractivity contribution in [3.63, 3.8) is 0 Å². The summed E-state index contributed by atoms with van der Waals surface area (Å²) in [6.07, 6.45) is 4.16. The van der Waals surface area contributed by atoms with Gasteiger partial charge in [0, 0.05) is 24.3 Å². The van der Waals surface area contributed by atoms with Crippen molar-refractivity contribution in [2.45, 2.75) is 53.1 Å². The molecule has 2 rings (SSSR count). The minimum absolute atomic E-state index is 0.392. The standard InChI is InChI=1S/C24H37N5/c1-5-25-24(28-20(4)12-11-17-29(6-2)7-3)27-19-21-13-10-14-22(18-21)23-15-8-9-16-26-23/h8-10,13-16,18,20H,5-7,11-12,17,19H2,1-4H3,(H2,25,27,28). The Bertz CT molecular complexity index is 725. The zero-order valence-electron chi connectivity index (χ0n) is 18.5. The van der Waals surface area contributed by atoms with E-state index in [1.807, 2.05) is 24.4 Å². The molecule has 0 bridgehead atoms. The molecule has 2 N–H and O–H groups in total. The number of aromatic nitrogens is 1. The van der Waals surface area contributed by atoms with Crippen molar-refractivity contribution < 1.29 is 0 Å². The van der Waals surface area contributed by atoms with Gasteiger partial charge < -0.3 is 15.5 Å². The van der Waals surface area contributed by atoms with E-state index in [4.69, 9.17) is 4.99 Å². The molecule has 1 aromatic heterocycles. The first kappa shape index (κ1) is 22.9. The first-order valence-electron chi connectivity index (χ1n) is 10.9. The third kappa shape index (κ3) is 8.24. The number of benzene rings is 1. The highest BCUT2D eigenvalue weighted by molar-refractivity contribution is 5.80. The van der Waals surface area contributed by atoms with Crippen molar-refractivity contribution in [3.05, 3.63) is 54.2 Å². The van der Waals surface area contributed by atoms with Crippen LogP contribution in [0.2, 0.25) is 0 Å². The van der Waals surface area contributed by atoms with Gasteiger partial charge in [0.05, 0.1) is 12.2 Å². The normalized spacial score (nSPS) is 12.8. The SMILES string of the molecule is CCNC(=NCc1cccc(-c2ccccn2)c1)NC(C)CCCN(CC)CC. The molecule has 0 saturated carbocycles. The summed E-state index contributed by atoms with van der Waals surface area (Å²) in [6.45, 7) is 13.7. The lowest BCUT2D eigenvalue weighted by Crippen LogP contribution is -2.42. The van der Waals surface area contributed by atoms with Gasteiger partial charge in [0.15, 0.2) is 5.96 Å². The molecule has 0 aliphatic heterocycles. The van der Waals surface area contributed by atoms with Gasteiger partial charge in [-0.3, -0.25) is 4.98 Å². The minimum Gasteiger partial charge on any atom is -0.357 e. The third-order valence-electron chi connectivity index (χ3n) is 5.04. The predicted molar refractivity (Wildman–Crippen MR) is 124 cm³/mol. The number of hydrogen-bond acceptors (Lipinski definition) is 3. The number of nitrogens with zero attached hydrogens (tertiary/aromatic N) is 3. The summed E-state index contributed by atoms with van der Waals surface area (Å²) in [4.78, 5) is 11.7. The molecule has 5 nitrogen and oxygen atoms in total. The molecule has 29 heavy (non-hydrogen) atoms. The molecule has 1 unspecified atom stereocenters. The summed E-state index contributed by atoms with van der Waals surface area (Å²) in [5, 5.41) is 6.92. The van der Waals surface area contributed by atoms with Gasteiger partial charge in [-0.2, -0.15) is 0 Å². The molecule has 0 radical (unpaired) electrons. The maximum absolute atomic E-state index is 4.80. The Kier molecular flexibility index (Phi) is 10.2. The van der Waals surface area contributed by atoms with E-state index in [-0.39, 0.29) is 0 Å². The van der Waals surface area contributed by atoms with Crippen LogP contribution in [0, 0.1) is 0 Å². The number of guanidine groups is 1. The van der Waals surface area contributed by atoms with E-state index in [1.165, 1.54) is 12.0 Å². The first-order chi connectivity index (χ1) is 14.2. The molecule has 1 atom stereocenters. The second kappa shape index (κ2) is 12.9. The van der Waals surface area contributed by atoms with Gasteiger partial charge in [0.2, 0.25) is 0 Å². The lowest BCUT2D eigenvalue weighted by atomic mass is 10.1. The summed E-state index contributed by atoms with van der Waals surface area (Å²) >= 11 is 0. The zero-order valence-corrected chi connectivity index (χ0v) is 18.5. The van der Waals surface area contributed by atoms with Crippen LogP contribution >= 0.6 is 0 Å². The molecular formula is C24H37N5. The Morgan fingerprint density at radius 2 is 1.93 bits per heavy atom. The summed E-state index contributed by atoms with van der Waals surface area (Å²) in [5.74, 6) is 0.881. The average molecular weight is 396 g/mol. The fourth-order valence-electron chi connectivity index (χ4n) is 3.32. The summed E-state index contributed by atoms with van der Waals surface area (Å²) in [6, 6.07) is 14.8. The number of hydrogen-bond donors (Lipinski definition) is 2. The molecule has 158 valence electrons. The largest absolute Gasteiger partial charge is 0.357 e. The van der Waals surface area contributed by atoms with Crippen molar-refractivity contribution in [2.75, 3.05) is 26.2 Å². The van der Waals surface area contributed by atoms with Crippen LogP contribution in [0.5, 0.6) is 0 Å². The van der Waals surface area contributed by atoms with Crippen LogP contribution < -0.4 is 10.6 Å². The predicted octanol–water partition coefficient (Wildman–Crippen LogP) is 4.31. The van der Waals surface area contributed by atoms with Crippen LogP contribution in [0.25, 0.3) is 11.3 Å². The van der Waals surface area contributed by atoms with E-state index in [0.717, 1.165) is 49.8 Å². The zero-order chi connectivity index (χ0) is 20.9. The van der Waals surface area contributed by atoms with Crippen LogP contribution in [-0.2, 0) is 6.54 Å². The Hall–Kier alpha value is -2.40. The first-order valence-corrected chi connectivity index (χ1v) is 10.9. The van der Waals surface area contributed by atoms with Gasteiger partial charge in [-0.05, 0) is 70.1 Å². The molecule has 0 fully saturated rings. The molecule has 0 saturated heterocycles. The van der Waals surface area contributed by atoms with Crippen molar-refractivity contribution in [2.24, 2.45) is 4.99 Å². The maximum Gasteiger partial charge on any atom is 0.191 e. The van der Waals surface area contributed by atoms with Gasteiger partial charge in [-0.1, -0.05) is 38.1 Å². The second-order valence-electron chi connectivity index (χ2n) is 7.33. The van der Waals surface area contributed by atoms with Crippen molar-refractivity contribution in [3.8, 4) is 11.3 Å². The lowest BCUT2D eigenvalue weighted by Gasteiger charge is -2.21. The van der Waals surface area contributed by atoms with Gasteiger partial charge in [-0.25, -0.2) is 4.99 Å². The lowest BCUT2D eigenvalue weighted by molar-refractivity contribution is 0.292. The molecule has 2 aromatic rings. The highest BCUT2D eigenvalue weighted by atomic mass is 15.2. The highest BCUT2D eigenvalue weighted by Crippen LogP contribution is 2.18. The van der Waals surface area contributed by atoms with E-state index in [0.29, 0.717) is 12.6 Å². The van der Waals surface area contributed by atoms with E-state index in [2.05, 4.69) is 72.5 Å². The van der Waals surface area contributed by atoms with E-state index in [9.17, 15) is 0 Å². The number of pyridine rings is 1. The quantitative estimate of drug-likeness (QED) is 0.440. The van der Waals surface area contributed by atoms with Crippen LogP contribution in [-0.4, -0.2) is 48.1 Å². The molecule has 0 aliphatic carbocycles. The Morgan fingerprint density at radius 1 is 1.10 bits per heavy atom. The van der Waals surface area contributed by atoms with Crippen molar-refractivity contribution in [1.29, 1.82) is 0 Å². The molecule has 0 amide bonds. The average Bonchev–Trinajstić information content (AvgIpc) is 2.76. The van der Waals surface area contributed by atoms with Crippen molar-refractivity contribution in [1.82, 2.24) is 20.5 Å². The number of nitrogens with one attached hydrogen (secondary N) is 2. The Balaban J connectivity index is 1.93. The molecule has 1 aromatic carbocycles. The fourth-order valence-corrected chi connectivity index (χ4v) is 3.32. The topological polar surface area (TPSA) is 52.6 Å². The Morgan fingerprint density at radius 3 is 2.62 bits per heavy atom. The van der Waals surface area contributed by atoms with Crippen molar-refractivity contribution >= 4 is 5.96 Å². The van der Waals surface area contributed by atoms with Gasteiger partial charge in [0.1, 0.15) is 0 Å². The van der Waals surface area contributed by atoms with E-state index >= 15 is 0 Å². The summed E-state index contributed by atoms with van der Waals surface area (Å²) < 4.78 is 0. The van der Waals surface area contributed by atoms with Crippen LogP contribution in [0.3, 0.4) is 0 Å². The van der Waals surface area contributed by atoms with E-state index in [1.54, 1.807) is 0 Å². The number of rotatable bonds is 11. The Labute approximate surface area is 176 Å². The molecule has 5 heteroatoms. The third-order valence-corrected chi connectivity index (χ3v) is 5.04. The van der Waals surface area contributed by atoms with Crippen LogP contribution in [0.1, 0.15) is 46.1 Å². The van der Waals surface area contributed by atoms with E-state index < -0.39 is 0 Å². The van der Waals surface area contributed by atoms with Gasteiger partial charge in [0.25, 0.3) is 0 Å². The van der Waals surface area contributed by atoms with Gasteiger partial charge in [-0.15, -0.1) is 0 Å².